The maximum absolute atomic E-state index is 12.4. The first-order chi connectivity index (χ1) is 11.2. The molecule has 5 heteroatoms. The van der Waals surface area contributed by atoms with Gasteiger partial charge in [0.1, 0.15) is 5.76 Å². The van der Waals surface area contributed by atoms with Gasteiger partial charge in [0.2, 0.25) is 0 Å². The fraction of sp³-hybridized carbons (Fsp3) is 0.389. The molecule has 0 bridgehead atoms. The van der Waals surface area contributed by atoms with Crippen molar-refractivity contribution in [2.24, 2.45) is 0 Å². The van der Waals surface area contributed by atoms with Crippen LogP contribution in [0.1, 0.15) is 35.9 Å². The van der Waals surface area contributed by atoms with Gasteiger partial charge in [-0.15, -0.1) is 0 Å². The average molecular weight is 315 g/mol. The van der Waals surface area contributed by atoms with Crippen LogP contribution in [0.15, 0.2) is 41.0 Å². The molecule has 0 fully saturated rings. The molecule has 2 heterocycles. The maximum atomic E-state index is 12.4. The van der Waals surface area contributed by atoms with E-state index in [1.54, 1.807) is 24.5 Å². The van der Waals surface area contributed by atoms with Crippen LogP contribution in [0.4, 0.5) is 0 Å². The van der Waals surface area contributed by atoms with E-state index in [1.165, 1.54) is 0 Å². The molecule has 122 valence electrons. The predicted molar refractivity (Wildman–Crippen MR) is 86.0 cm³/mol. The van der Waals surface area contributed by atoms with Crippen LogP contribution >= 0.6 is 0 Å². The van der Waals surface area contributed by atoms with E-state index in [4.69, 9.17) is 13.9 Å². The smallest absolute Gasteiger partial charge is 0.251 e. The van der Waals surface area contributed by atoms with E-state index in [9.17, 15) is 4.79 Å². The first kappa shape index (κ1) is 15.5. The Kier molecular flexibility index (Phi) is 4.86. The molecule has 1 aromatic heterocycles. The molecule has 0 saturated heterocycles. The molecule has 1 aliphatic heterocycles. The number of fused-ring (bicyclic) bond motifs is 1. The fourth-order valence-corrected chi connectivity index (χ4v) is 2.50. The summed E-state index contributed by atoms with van der Waals surface area (Å²) in [4.78, 5) is 12.4. The third-order valence-corrected chi connectivity index (χ3v) is 3.79. The first-order valence-electron chi connectivity index (χ1n) is 7.95. The number of carbonyl (C=O) groups excluding carboxylic acids is 1. The molecule has 1 aliphatic rings. The molecule has 1 amide bonds. The Morgan fingerprint density at radius 3 is 2.83 bits per heavy atom. The van der Waals surface area contributed by atoms with Gasteiger partial charge in [-0.3, -0.25) is 4.79 Å². The lowest BCUT2D eigenvalue weighted by atomic mass is 10.1. The van der Waals surface area contributed by atoms with Crippen molar-refractivity contribution in [2.45, 2.75) is 32.2 Å². The van der Waals surface area contributed by atoms with Crippen LogP contribution in [0.5, 0.6) is 11.5 Å². The van der Waals surface area contributed by atoms with Gasteiger partial charge in [-0.2, -0.15) is 0 Å². The second-order valence-electron chi connectivity index (χ2n) is 5.70. The van der Waals surface area contributed by atoms with Gasteiger partial charge >= 0.3 is 0 Å². The number of amides is 1. The van der Waals surface area contributed by atoms with Crippen LogP contribution < -0.4 is 14.8 Å². The highest BCUT2D eigenvalue weighted by atomic mass is 16.5. The lowest BCUT2D eigenvalue weighted by Crippen LogP contribution is -2.32. The lowest BCUT2D eigenvalue weighted by Gasteiger charge is -2.14. The molecule has 2 aromatic rings. The van der Waals surface area contributed by atoms with E-state index in [0.717, 1.165) is 25.0 Å². The van der Waals surface area contributed by atoms with Crippen molar-refractivity contribution in [1.82, 2.24) is 5.32 Å². The summed E-state index contributed by atoms with van der Waals surface area (Å²) in [5.74, 6) is 2.16. The fourth-order valence-electron chi connectivity index (χ4n) is 2.50. The number of carbonyl (C=O) groups is 1. The van der Waals surface area contributed by atoms with Gasteiger partial charge in [0, 0.05) is 24.4 Å². The Morgan fingerprint density at radius 1 is 1.22 bits per heavy atom. The Labute approximate surface area is 135 Å². The Bertz CT molecular complexity index is 651. The second kappa shape index (κ2) is 7.22. The van der Waals surface area contributed by atoms with Crippen LogP contribution in [-0.4, -0.2) is 25.2 Å². The molecule has 1 unspecified atom stereocenters. The van der Waals surface area contributed by atoms with E-state index in [-0.39, 0.29) is 11.9 Å². The molecule has 1 aromatic carbocycles. The van der Waals surface area contributed by atoms with Crippen molar-refractivity contribution in [1.29, 1.82) is 0 Å². The van der Waals surface area contributed by atoms with Crippen LogP contribution in [0.2, 0.25) is 0 Å². The second-order valence-corrected chi connectivity index (χ2v) is 5.70. The van der Waals surface area contributed by atoms with E-state index in [0.29, 0.717) is 30.3 Å². The van der Waals surface area contributed by atoms with Crippen LogP contribution in [0.3, 0.4) is 0 Å². The van der Waals surface area contributed by atoms with Crippen molar-refractivity contribution >= 4 is 5.91 Å². The van der Waals surface area contributed by atoms with Crippen molar-refractivity contribution in [3.05, 3.63) is 47.9 Å². The minimum atomic E-state index is -0.104. The minimum absolute atomic E-state index is 0.0589. The van der Waals surface area contributed by atoms with Gasteiger partial charge in [-0.05, 0) is 43.7 Å². The topological polar surface area (TPSA) is 60.7 Å². The number of aryl methyl sites for hydroxylation is 1. The minimum Gasteiger partial charge on any atom is -0.490 e. The van der Waals surface area contributed by atoms with Crippen LogP contribution in [0, 0.1) is 0 Å². The van der Waals surface area contributed by atoms with Crippen LogP contribution in [-0.2, 0) is 6.42 Å². The average Bonchev–Trinajstić information content (AvgIpc) is 2.96. The Balaban J connectivity index is 1.58. The zero-order valence-electron chi connectivity index (χ0n) is 13.2. The molecule has 0 aliphatic carbocycles. The summed E-state index contributed by atoms with van der Waals surface area (Å²) in [6.45, 7) is 3.24. The largest absolute Gasteiger partial charge is 0.490 e. The van der Waals surface area contributed by atoms with Crippen molar-refractivity contribution in [2.75, 3.05) is 13.2 Å². The highest BCUT2D eigenvalue weighted by Gasteiger charge is 2.15. The number of rotatable bonds is 5. The predicted octanol–water partition coefficient (Wildman–Crippen LogP) is 3.19. The number of ether oxygens (including phenoxy) is 2. The van der Waals surface area contributed by atoms with E-state index in [2.05, 4.69) is 5.32 Å². The summed E-state index contributed by atoms with van der Waals surface area (Å²) in [5.41, 5.74) is 0.582. The zero-order valence-corrected chi connectivity index (χ0v) is 13.2. The molecule has 0 spiro atoms. The highest BCUT2D eigenvalue weighted by molar-refractivity contribution is 5.95. The molecule has 5 nitrogen and oxygen atoms in total. The first-order valence-corrected chi connectivity index (χ1v) is 7.95. The molecular weight excluding hydrogens is 294 g/mol. The van der Waals surface area contributed by atoms with Gasteiger partial charge in [0.05, 0.1) is 19.5 Å². The standard InChI is InChI=1S/C18H21NO4/c1-13(5-7-15-4-2-9-21-15)19-18(20)14-6-8-16-17(12-14)23-11-3-10-22-16/h2,4,6,8-9,12-13H,3,5,7,10-11H2,1H3,(H,19,20). The molecule has 0 radical (unpaired) electrons. The lowest BCUT2D eigenvalue weighted by molar-refractivity contribution is 0.0937. The summed E-state index contributed by atoms with van der Waals surface area (Å²) in [6, 6.07) is 9.18. The third-order valence-electron chi connectivity index (χ3n) is 3.79. The summed E-state index contributed by atoms with van der Waals surface area (Å²) in [6.07, 6.45) is 4.13. The van der Waals surface area contributed by atoms with Crippen molar-refractivity contribution in [3.8, 4) is 11.5 Å². The number of hydrogen-bond acceptors (Lipinski definition) is 4. The molecule has 0 saturated carbocycles. The highest BCUT2D eigenvalue weighted by Crippen LogP contribution is 2.30. The normalized spacial score (nSPS) is 14.8. The summed E-state index contributed by atoms with van der Waals surface area (Å²) in [5, 5.41) is 3.00. The van der Waals surface area contributed by atoms with Crippen molar-refractivity contribution < 1.29 is 18.7 Å². The molecule has 1 atom stereocenters. The van der Waals surface area contributed by atoms with E-state index in [1.807, 2.05) is 19.1 Å². The van der Waals surface area contributed by atoms with Crippen molar-refractivity contribution in [3.63, 3.8) is 0 Å². The number of hydrogen-bond donors (Lipinski definition) is 1. The van der Waals surface area contributed by atoms with E-state index >= 15 is 0 Å². The van der Waals surface area contributed by atoms with Gasteiger partial charge in [-0.1, -0.05) is 0 Å². The van der Waals surface area contributed by atoms with Gasteiger partial charge < -0.3 is 19.2 Å². The van der Waals surface area contributed by atoms with Crippen LogP contribution in [0.25, 0.3) is 0 Å². The summed E-state index contributed by atoms with van der Waals surface area (Å²) < 4.78 is 16.5. The zero-order chi connectivity index (χ0) is 16.1. The monoisotopic (exact) mass is 315 g/mol. The number of furan rings is 1. The van der Waals surface area contributed by atoms with E-state index < -0.39 is 0 Å². The third kappa shape index (κ3) is 4.06. The summed E-state index contributed by atoms with van der Waals surface area (Å²) in [7, 11) is 0. The Hall–Kier alpha value is -2.43. The SMILES string of the molecule is CC(CCc1ccco1)NC(=O)c1ccc2c(c1)OCCCO2. The summed E-state index contributed by atoms with van der Waals surface area (Å²) >= 11 is 0. The Morgan fingerprint density at radius 2 is 2.04 bits per heavy atom. The quantitative estimate of drug-likeness (QED) is 0.920. The van der Waals surface area contributed by atoms with Gasteiger partial charge in [0.25, 0.3) is 5.91 Å². The van der Waals surface area contributed by atoms with Gasteiger partial charge in [-0.25, -0.2) is 0 Å². The molecular formula is C18H21NO4. The van der Waals surface area contributed by atoms with Gasteiger partial charge in [0.15, 0.2) is 11.5 Å². The number of nitrogens with one attached hydrogen (secondary N) is 1. The molecule has 1 N–H and O–H groups in total. The molecule has 3 rings (SSSR count). The number of benzene rings is 1. The maximum Gasteiger partial charge on any atom is 0.251 e. The molecule has 23 heavy (non-hydrogen) atoms.